The molecule has 0 fully saturated rings. The van der Waals surface area contributed by atoms with E-state index >= 15 is 0 Å². The summed E-state index contributed by atoms with van der Waals surface area (Å²) < 4.78 is 0. The van der Waals surface area contributed by atoms with Crippen molar-refractivity contribution in [2.75, 3.05) is 18.8 Å². The molecule has 24 heavy (non-hydrogen) atoms. The van der Waals surface area contributed by atoms with Gasteiger partial charge >= 0.3 is 0 Å². The molecule has 1 heterocycles. The lowest BCUT2D eigenvalue weighted by Crippen LogP contribution is -2.33. The summed E-state index contributed by atoms with van der Waals surface area (Å²) >= 11 is 1.45. The third-order valence-corrected chi connectivity index (χ3v) is 5.01. The molecule has 4 heteroatoms. The highest BCUT2D eigenvalue weighted by atomic mass is 32.1. The van der Waals surface area contributed by atoms with E-state index in [9.17, 15) is 4.79 Å². The van der Waals surface area contributed by atoms with Gasteiger partial charge in [0.05, 0.1) is 10.6 Å². The Labute approximate surface area is 149 Å². The molecule has 0 bridgehead atoms. The maximum absolute atomic E-state index is 13.0. The van der Waals surface area contributed by atoms with Crippen LogP contribution in [-0.2, 0) is 0 Å². The first-order valence-electron chi connectivity index (χ1n) is 8.76. The number of nitrogens with zero attached hydrogens (tertiary/aromatic N) is 1. The van der Waals surface area contributed by atoms with Gasteiger partial charge < -0.3 is 10.6 Å². The van der Waals surface area contributed by atoms with Crippen LogP contribution in [-0.4, -0.2) is 23.9 Å². The molecule has 1 aromatic carbocycles. The average molecular weight is 345 g/mol. The van der Waals surface area contributed by atoms with Gasteiger partial charge in [-0.15, -0.1) is 11.3 Å². The van der Waals surface area contributed by atoms with Crippen LogP contribution in [0.5, 0.6) is 0 Å². The smallest absolute Gasteiger partial charge is 0.257 e. The molecule has 0 radical (unpaired) electrons. The molecule has 0 aliphatic heterocycles. The molecule has 1 aromatic heterocycles. The molecule has 0 saturated heterocycles. The maximum Gasteiger partial charge on any atom is 0.257 e. The number of nitrogen functional groups attached to an aromatic ring is 1. The van der Waals surface area contributed by atoms with E-state index in [4.69, 9.17) is 5.73 Å². The van der Waals surface area contributed by atoms with E-state index < -0.39 is 0 Å². The molecule has 1 amide bonds. The number of hydrogen-bond donors (Lipinski definition) is 1. The third kappa shape index (κ3) is 3.99. The SMILES string of the molecule is CCCN(CCC)C(=O)c1c(-c2ccc(C(C)C)cc2)csc1N. The molecular weight excluding hydrogens is 316 g/mol. The zero-order chi connectivity index (χ0) is 17.7. The second-order valence-electron chi connectivity index (χ2n) is 6.46. The minimum Gasteiger partial charge on any atom is -0.390 e. The van der Waals surface area contributed by atoms with Crippen LogP contribution in [0.25, 0.3) is 11.1 Å². The van der Waals surface area contributed by atoms with Gasteiger partial charge in [-0.2, -0.15) is 0 Å². The average Bonchev–Trinajstić information content (AvgIpc) is 2.95. The van der Waals surface area contributed by atoms with Gasteiger partial charge in [-0.3, -0.25) is 4.79 Å². The van der Waals surface area contributed by atoms with E-state index in [1.54, 1.807) is 0 Å². The summed E-state index contributed by atoms with van der Waals surface area (Å²) in [6.07, 6.45) is 1.91. The summed E-state index contributed by atoms with van der Waals surface area (Å²) in [5, 5.41) is 2.61. The Morgan fingerprint density at radius 1 is 1.12 bits per heavy atom. The summed E-state index contributed by atoms with van der Waals surface area (Å²) in [6.45, 7) is 10.1. The number of hydrogen-bond acceptors (Lipinski definition) is 3. The Hall–Kier alpha value is -1.81. The second kappa shape index (κ2) is 8.34. The Balaban J connectivity index is 2.38. The zero-order valence-electron chi connectivity index (χ0n) is 15.1. The highest BCUT2D eigenvalue weighted by Crippen LogP contribution is 2.35. The molecule has 0 aliphatic carbocycles. The van der Waals surface area contributed by atoms with Gasteiger partial charge in [0.15, 0.2) is 0 Å². The number of benzene rings is 1. The van der Waals surface area contributed by atoms with Crippen LogP contribution in [0.1, 0.15) is 62.4 Å². The Morgan fingerprint density at radius 3 is 2.21 bits per heavy atom. The number of amides is 1. The van der Waals surface area contributed by atoms with Crippen LogP contribution in [0.15, 0.2) is 29.6 Å². The molecule has 3 nitrogen and oxygen atoms in total. The Bertz CT molecular complexity index is 667. The highest BCUT2D eigenvalue weighted by molar-refractivity contribution is 7.15. The third-order valence-electron chi connectivity index (χ3n) is 4.20. The van der Waals surface area contributed by atoms with Crippen molar-refractivity contribution < 1.29 is 4.79 Å². The second-order valence-corrected chi connectivity index (χ2v) is 7.37. The lowest BCUT2D eigenvalue weighted by atomic mass is 9.98. The molecule has 0 saturated carbocycles. The van der Waals surface area contributed by atoms with Crippen LogP contribution in [0.3, 0.4) is 0 Å². The molecule has 0 spiro atoms. The molecule has 0 aliphatic rings. The van der Waals surface area contributed by atoms with E-state index in [0.717, 1.165) is 37.1 Å². The van der Waals surface area contributed by atoms with Crippen molar-refractivity contribution in [3.05, 3.63) is 40.8 Å². The van der Waals surface area contributed by atoms with Crippen LogP contribution >= 0.6 is 11.3 Å². The van der Waals surface area contributed by atoms with Crippen molar-refractivity contribution in [3.63, 3.8) is 0 Å². The lowest BCUT2D eigenvalue weighted by Gasteiger charge is -2.22. The molecule has 130 valence electrons. The van der Waals surface area contributed by atoms with E-state index in [2.05, 4.69) is 52.0 Å². The molecule has 2 aromatic rings. The number of carbonyl (C=O) groups excluding carboxylic acids is 1. The van der Waals surface area contributed by atoms with E-state index in [1.165, 1.54) is 16.9 Å². The van der Waals surface area contributed by atoms with Crippen molar-refractivity contribution in [1.29, 1.82) is 0 Å². The van der Waals surface area contributed by atoms with E-state index in [0.29, 0.717) is 16.5 Å². The minimum absolute atomic E-state index is 0.0559. The molecule has 0 atom stereocenters. The first kappa shape index (κ1) is 18.5. The number of carbonyl (C=O) groups is 1. The Kier molecular flexibility index (Phi) is 6.44. The number of rotatable bonds is 7. The largest absolute Gasteiger partial charge is 0.390 e. The van der Waals surface area contributed by atoms with Gasteiger partial charge in [0.2, 0.25) is 0 Å². The van der Waals surface area contributed by atoms with Gasteiger partial charge in [0.1, 0.15) is 0 Å². The summed E-state index contributed by atoms with van der Waals surface area (Å²) in [6, 6.07) is 8.46. The predicted octanol–water partition coefficient (Wildman–Crippen LogP) is 5.38. The number of nitrogens with two attached hydrogens (primary N) is 1. The van der Waals surface area contributed by atoms with Crippen LogP contribution < -0.4 is 5.73 Å². The highest BCUT2D eigenvalue weighted by Gasteiger charge is 2.23. The summed E-state index contributed by atoms with van der Waals surface area (Å²) in [5.41, 5.74) is 10.1. The van der Waals surface area contributed by atoms with E-state index in [-0.39, 0.29) is 5.91 Å². The first-order valence-corrected chi connectivity index (χ1v) is 9.64. The fraction of sp³-hybridized carbons (Fsp3) is 0.450. The van der Waals surface area contributed by atoms with Crippen molar-refractivity contribution in [3.8, 4) is 11.1 Å². The van der Waals surface area contributed by atoms with Crippen LogP contribution in [0, 0.1) is 0 Å². The Morgan fingerprint density at radius 2 is 1.71 bits per heavy atom. The summed E-state index contributed by atoms with van der Waals surface area (Å²) in [7, 11) is 0. The topological polar surface area (TPSA) is 46.3 Å². The maximum atomic E-state index is 13.0. The fourth-order valence-electron chi connectivity index (χ4n) is 2.87. The van der Waals surface area contributed by atoms with Crippen molar-refractivity contribution in [2.45, 2.75) is 46.5 Å². The molecule has 2 N–H and O–H groups in total. The lowest BCUT2D eigenvalue weighted by molar-refractivity contribution is 0.0758. The van der Waals surface area contributed by atoms with Crippen LogP contribution in [0.4, 0.5) is 5.00 Å². The van der Waals surface area contributed by atoms with Crippen LogP contribution in [0.2, 0.25) is 0 Å². The van der Waals surface area contributed by atoms with Crippen molar-refractivity contribution in [2.24, 2.45) is 0 Å². The van der Waals surface area contributed by atoms with Crippen molar-refractivity contribution in [1.82, 2.24) is 4.90 Å². The quantitative estimate of drug-likeness (QED) is 0.732. The van der Waals surface area contributed by atoms with Gasteiger partial charge in [-0.05, 0) is 29.9 Å². The molecular formula is C20H28N2OS. The minimum atomic E-state index is 0.0559. The summed E-state index contributed by atoms with van der Waals surface area (Å²) in [5.74, 6) is 0.553. The molecule has 0 unspecified atom stereocenters. The van der Waals surface area contributed by atoms with Gasteiger partial charge in [0, 0.05) is 24.0 Å². The van der Waals surface area contributed by atoms with Crippen molar-refractivity contribution >= 4 is 22.2 Å². The van der Waals surface area contributed by atoms with Gasteiger partial charge in [-0.1, -0.05) is 52.0 Å². The normalized spacial score (nSPS) is 11.0. The monoisotopic (exact) mass is 344 g/mol. The first-order chi connectivity index (χ1) is 11.5. The number of anilines is 1. The van der Waals surface area contributed by atoms with Gasteiger partial charge in [-0.25, -0.2) is 0 Å². The van der Waals surface area contributed by atoms with E-state index in [1.807, 2.05) is 10.3 Å². The standard InChI is InChI=1S/C20H28N2OS/c1-5-11-22(12-6-2)20(23)18-17(13-24-19(18)21)16-9-7-15(8-10-16)14(3)4/h7-10,13-14H,5-6,11-12,21H2,1-4H3. The van der Waals surface area contributed by atoms with Gasteiger partial charge in [0.25, 0.3) is 5.91 Å². The predicted molar refractivity (Wildman–Crippen MR) is 105 cm³/mol. The fourth-order valence-corrected chi connectivity index (χ4v) is 3.68. The zero-order valence-corrected chi connectivity index (χ0v) is 16.0. The molecule has 2 rings (SSSR count). The number of thiophene rings is 1. The summed E-state index contributed by atoms with van der Waals surface area (Å²) in [4.78, 5) is 14.9.